The second-order valence-electron chi connectivity index (χ2n) is 9.40. The number of Topliss-reactive ketones (excluding diaryl/α,β-unsaturated/α-hetero) is 1. The van der Waals surface area contributed by atoms with Crippen LogP contribution >= 0.6 is 0 Å². The summed E-state index contributed by atoms with van der Waals surface area (Å²) in [5.74, 6) is -0.869. The quantitative estimate of drug-likeness (QED) is 0.271. The summed E-state index contributed by atoms with van der Waals surface area (Å²) in [6.07, 6.45) is 0. The first kappa shape index (κ1) is 27.2. The highest BCUT2D eigenvalue weighted by Gasteiger charge is 2.43. The van der Waals surface area contributed by atoms with Gasteiger partial charge >= 0.3 is 0 Å². The smallest absolute Gasteiger partial charge is 0.206 e. The summed E-state index contributed by atoms with van der Waals surface area (Å²) in [7, 11) is -7.95. The van der Waals surface area contributed by atoms with Gasteiger partial charge in [-0.2, -0.15) is 0 Å². The molecular formula is C30H26O6S2. The minimum Gasteiger partial charge on any atom is -0.292 e. The third kappa shape index (κ3) is 4.97. The van der Waals surface area contributed by atoms with Gasteiger partial charge in [0.25, 0.3) is 0 Å². The van der Waals surface area contributed by atoms with Gasteiger partial charge in [0.2, 0.25) is 9.84 Å². The number of carbonyl (C=O) groups excluding carboxylic acids is 2. The topological polar surface area (TPSA) is 102 Å². The van der Waals surface area contributed by atoms with Crippen LogP contribution in [0.4, 0.5) is 0 Å². The number of aryl methyl sites for hydroxylation is 1. The number of hydrogen-bond donors (Lipinski definition) is 0. The molecule has 0 unspecified atom stereocenters. The second-order valence-corrected chi connectivity index (χ2v) is 13.9. The molecule has 0 atom stereocenters. The van der Waals surface area contributed by atoms with Crippen molar-refractivity contribution < 1.29 is 26.4 Å². The summed E-state index contributed by atoms with van der Waals surface area (Å²) in [5, 5.41) is 0. The van der Waals surface area contributed by atoms with Gasteiger partial charge in [0.05, 0.1) is 14.7 Å². The SMILES string of the molecule is Cc1ccc(S(=O)(=O)C(C)(C)C(=O)c2ccc(S(=O)(=O)c3ccc(C(=O)c4ccccc4)cc3)cc2)cc1. The number of sulfone groups is 2. The van der Waals surface area contributed by atoms with Crippen molar-refractivity contribution in [2.75, 3.05) is 0 Å². The normalized spacial score (nSPS) is 12.2. The van der Waals surface area contributed by atoms with Crippen molar-refractivity contribution in [3.63, 3.8) is 0 Å². The Morgan fingerprint density at radius 1 is 0.553 bits per heavy atom. The van der Waals surface area contributed by atoms with Crippen LogP contribution in [-0.2, 0) is 19.7 Å². The van der Waals surface area contributed by atoms with E-state index in [-0.39, 0.29) is 26.0 Å². The molecule has 0 radical (unpaired) electrons. The Hall–Kier alpha value is -3.88. The summed E-state index contributed by atoms with van der Waals surface area (Å²) in [5.41, 5.74) is 1.82. The van der Waals surface area contributed by atoms with Crippen LogP contribution in [-0.4, -0.2) is 33.1 Å². The molecule has 38 heavy (non-hydrogen) atoms. The van der Waals surface area contributed by atoms with Crippen LogP contribution in [0.15, 0.2) is 118 Å². The Morgan fingerprint density at radius 3 is 1.47 bits per heavy atom. The number of rotatable bonds is 8. The van der Waals surface area contributed by atoms with Crippen molar-refractivity contribution in [2.45, 2.75) is 40.2 Å². The van der Waals surface area contributed by atoms with Gasteiger partial charge in [0.1, 0.15) is 4.75 Å². The van der Waals surface area contributed by atoms with Gasteiger partial charge in [-0.25, -0.2) is 16.8 Å². The number of benzene rings is 4. The van der Waals surface area contributed by atoms with E-state index in [1.807, 2.05) is 6.92 Å². The lowest BCUT2D eigenvalue weighted by Crippen LogP contribution is -2.40. The maximum absolute atomic E-state index is 13.2. The van der Waals surface area contributed by atoms with E-state index < -0.39 is 30.2 Å². The molecule has 0 aliphatic heterocycles. The summed E-state index contributed by atoms with van der Waals surface area (Å²) in [6.45, 7) is 4.52. The number of carbonyl (C=O) groups is 2. The standard InChI is InChI=1S/C30H26O6S2/c1-21-9-15-27(16-10-21)38(35,36)30(2,3)29(32)24-13-19-26(20-14-24)37(33,34)25-17-11-23(12-18-25)28(31)22-7-5-4-6-8-22/h4-20H,1-3H3. The highest BCUT2D eigenvalue weighted by atomic mass is 32.2. The fourth-order valence-electron chi connectivity index (χ4n) is 3.94. The van der Waals surface area contributed by atoms with Crippen LogP contribution in [0.2, 0.25) is 0 Å². The van der Waals surface area contributed by atoms with E-state index in [0.717, 1.165) is 5.56 Å². The maximum Gasteiger partial charge on any atom is 0.206 e. The van der Waals surface area contributed by atoms with Crippen LogP contribution < -0.4 is 0 Å². The Balaban J connectivity index is 1.57. The minimum atomic E-state index is -4.01. The van der Waals surface area contributed by atoms with Crippen LogP contribution in [0.5, 0.6) is 0 Å². The molecule has 0 aliphatic carbocycles. The van der Waals surface area contributed by atoms with Crippen LogP contribution in [0.3, 0.4) is 0 Å². The lowest BCUT2D eigenvalue weighted by atomic mass is 10.0. The molecule has 0 aromatic heterocycles. The van der Waals surface area contributed by atoms with Crippen LogP contribution in [0.25, 0.3) is 0 Å². The molecule has 0 aliphatic rings. The Kier molecular flexibility index (Phi) is 7.23. The lowest BCUT2D eigenvalue weighted by molar-refractivity contribution is 0.0953. The Bertz CT molecular complexity index is 1700. The molecule has 8 heteroatoms. The van der Waals surface area contributed by atoms with Crippen molar-refractivity contribution >= 4 is 31.2 Å². The van der Waals surface area contributed by atoms with Crippen molar-refractivity contribution in [3.8, 4) is 0 Å². The highest BCUT2D eigenvalue weighted by molar-refractivity contribution is 7.93. The molecule has 0 fully saturated rings. The molecule has 0 bridgehead atoms. The molecule has 0 saturated heterocycles. The summed E-state index contributed by atoms with van der Waals surface area (Å²) in [6, 6.07) is 25.8. The molecule has 0 heterocycles. The molecule has 0 N–H and O–H groups in total. The lowest BCUT2D eigenvalue weighted by Gasteiger charge is -2.23. The molecule has 6 nitrogen and oxygen atoms in total. The van der Waals surface area contributed by atoms with Gasteiger partial charge in [-0.05, 0) is 69.3 Å². The maximum atomic E-state index is 13.2. The number of hydrogen-bond acceptors (Lipinski definition) is 6. The molecule has 0 spiro atoms. The highest BCUT2D eigenvalue weighted by Crippen LogP contribution is 2.30. The average molecular weight is 547 g/mol. The first-order chi connectivity index (χ1) is 17.9. The van der Waals surface area contributed by atoms with Gasteiger partial charge in [-0.1, -0.05) is 60.2 Å². The van der Waals surface area contributed by atoms with Crippen molar-refractivity contribution in [2.24, 2.45) is 0 Å². The van der Waals surface area contributed by atoms with Crippen LogP contribution in [0.1, 0.15) is 45.7 Å². The zero-order valence-electron chi connectivity index (χ0n) is 21.1. The fourth-order valence-corrected chi connectivity index (χ4v) is 6.65. The number of ketones is 2. The second kappa shape index (κ2) is 10.1. The first-order valence-electron chi connectivity index (χ1n) is 11.8. The molecule has 4 aromatic carbocycles. The summed E-state index contributed by atoms with van der Waals surface area (Å²) >= 11 is 0. The van der Waals surface area contributed by atoms with E-state index in [1.54, 1.807) is 42.5 Å². The largest absolute Gasteiger partial charge is 0.292 e. The van der Waals surface area contributed by atoms with E-state index in [9.17, 15) is 26.4 Å². The monoisotopic (exact) mass is 546 g/mol. The minimum absolute atomic E-state index is 0.0107. The van der Waals surface area contributed by atoms with Crippen LogP contribution in [0, 0.1) is 6.92 Å². The van der Waals surface area contributed by atoms with E-state index in [2.05, 4.69) is 0 Å². The molecule has 0 amide bonds. The molecule has 4 rings (SSSR count). The van der Waals surface area contributed by atoms with Gasteiger partial charge in [0, 0.05) is 16.7 Å². The predicted octanol–water partition coefficient (Wildman–Crippen LogP) is 5.49. The zero-order valence-corrected chi connectivity index (χ0v) is 22.7. The van der Waals surface area contributed by atoms with Gasteiger partial charge in [-0.15, -0.1) is 0 Å². The summed E-state index contributed by atoms with van der Waals surface area (Å²) < 4.78 is 51.0. The van der Waals surface area contributed by atoms with Crippen molar-refractivity contribution in [3.05, 3.63) is 125 Å². The molecule has 0 saturated carbocycles. The predicted molar refractivity (Wildman–Crippen MR) is 145 cm³/mol. The molecule has 194 valence electrons. The Morgan fingerprint density at radius 2 is 0.974 bits per heavy atom. The van der Waals surface area contributed by atoms with Crippen molar-refractivity contribution in [1.29, 1.82) is 0 Å². The van der Waals surface area contributed by atoms with Gasteiger partial charge in [0.15, 0.2) is 21.4 Å². The zero-order chi connectivity index (χ0) is 27.7. The summed E-state index contributed by atoms with van der Waals surface area (Å²) in [4.78, 5) is 25.8. The van der Waals surface area contributed by atoms with Crippen molar-refractivity contribution in [1.82, 2.24) is 0 Å². The third-order valence-corrected chi connectivity index (χ3v) is 10.6. The van der Waals surface area contributed by atoms with E-state index in [0.29, 0.717) is 11.1 Å². The van der Waals surface area contributed by atoms with E-state index >= 15 is 0 Å². The average Bonchev–Trinajstić information content (AvgIpc) is 2.93. The van der Waals surface area contributed by atoms with E-state index in [4.69, 9.17) is 0 Å². The van der Waals surface area contributed by atoms with Gasteiger partial charge in [-0.3, -0.25) is 9.59 Å². The first-order valence-corrected chi connectivity index (χ1v) is 14.7. The van der Waals surface area contributed by atoms with E-state index in [1.165, 1.54) is 74.5 Å². The van der Waals surface area contributed by atoms with Gasteiger partial charge < -0.3 is 0 Å². The Labute approximate surface area is 222 Å². The fraction of sp³-hybridized carbons (Fsp3) is 0.133. The molecular weight excluding hydrogens is 520 g/mol. The third-order valence-electron chi connectivity index (χ3n) is 6.44. The molecule has 4 aromatic rings.